The fourth-order valence-electron chi connectivity index (χ4n) is 2.72. The monoisotopic (exact) mass is 337 g/mol. The van der Waals surface area contributed by atoms with Gasteiger partial charge in [0.1, 0.15) is 12.1 Å². The smallest absolute Gasteiger partial charge is 0.325 e. The number of carbonyl (C=O) groups is 3. The molecule has 124 valence electrons. The highest BCUT2D eigenvalue weighted by Gasteiger charge is 2.48. The van der Waals surface area contributed by atoms with Crippen LogP contribution in [0.25, 0.3) is 0 Å². The molecular weight excluding hydrogens is 318 g/mol. The van der Waals surface area contributed by atoms with Gasteiger partial charge in [-0.25, -0.2) is 4.79 Å². The highest BCUT2D eigenvalue weighted by Crippen LogP contribution is 2.25. The molecule has 1 saturated heterocycles. The van der Waals surface area contributed by atoms with Crippen LogP contribution in [0.4, 0.5) is 10.5 Å². The summed E-state index contributed by atoms with van der Waals surface area (Å²) in [5.41, 5.74) is -0.400. The Labute approximate surface area is 140 Å². The molecule has 1 fully saturated rings. The Hall–Kier alpha value is -2.08. The number of hydrogen-bond donors (Lipinski definition) is 2. The molecule has 0 aliphatic carbocycles. The average Bonchev–Trinajstić information content (AvgIpc) is 2.64. The second-order valence-corrected chi connectivity index (χ2v) is 6.74. The Kier molecular flexibility index (Phi) is 4.94. The molecule has 2 N–H and O–H groups in total. The fourth-order valence-corrected chi connectivity index (χ4v) is 2.85. The van der Waals surface area contributed by atoms with E-state index in [-0.39, 0.29) is 18.4 Å². The summed E-state index contributed by atoms with van der Waals surface area (Å²) in [7, 11) is 0. The summed E-state index contributed by atoms with van der Waals surface area (Å²) < 4.78 is 0. The number of amides is 4. The zero-order chi connectivity index (χ0) is 17.2. The van der Waals surface area contributed by atoms with Crippen molar-refractivity contribution in [1.82, 2.24) is 10.2 Å². The second-order valence-electron chi connectivity index (χ2n) is 6.31. The number of nitrogens with zero attached hydrogens (tertiary/aromatic N) is 1. The van der Waals surface area contributed by atoms with Gasteiger partial charge in [-0.05, 0) is 43.5 Å². The molecule has 1 unspecified atom stereocenters. The largest absolute Gasteiger partial charge is 0.325 e. The number of rotatable bonds is 5. The molecule has 0 aromatic heterocycles. The van der Waals surface area contributed by atoms with Crippen molar-refractivity contribution in [2.24, 2.45) is 5.92 Å². The van der Waals surface area contributed by atoms with Crippen LogP contribution in [0.5, 0.6) is 0 Å². The molecule has 23 heavy (non-hydrogen) atoms. The average molecular weight is 338 g/mol. The maximum absolute atomic E-state index is 12.5. The Morgan fingerprint density at radius 2 is 1.91 bits per heavy atom. The SMILES string of the molecule is CC(C)CC1(C)NC(=O)N(CC(=O)Nc2ccc(Cl)cc2)C1=O. The van der Waals surface area contributed by atoms with E-state index in [0.717, 1.165) is 4.90 Å². The van der Waals surface area contributed by atoms with Crippen molar-refractivity contribution in [2.45, 2.75) is 32.7 Å². The number of carbonyl (C=O) groups excluding carboxylic acids is 3. The minimum Gasteiger partial charge on any atom is -0.325 e. The minimum absolute atomic E-state index is 0.243. The Balaban J connectivity index is 2.02. The maximum atomic E-state index is 12.5. The first kappa shape index (κ1) is 17.3. The third-order valence-electron chi connectivity index (χ3n) is 3.59. The van der Waals surface area contributed by atoms with Crippen molar-refractivity contribution in [1.29, 1.82) is 0 Å². The Bertz CT molecular complexity index is 630. The van der Waals surface area contributed by atoms with Gasteiger partial charge in [-0.3, -0.25) is 14.5 Å². The number of anilines is 1. The molecule has 0 spiro atoms. The molecule has 7 heteroatoms. The van der Waals surface area contributed by atoms with E-state index in [2.05, 4.69) is 10.6 Å². The zero-order valence-corrected chi connectivity index (χ0v) is 14.1. The summed E-state index contributed by atoms with van der Waals surface area (Å²) in [6.07, 6.45) is 0.521. The van der Waals surface area contributed by atoms with Crippen LogP contribution >= 0.6 is 11.6 Å². The number of hydrogen-bond acceptors (Lipinski definition) is 3. The van der Waals surface area contributed by atoms with Crippen molar-refractivity contribution in [3.05, 3.63) is 29.3 Å². The molecule has 1 aliphatic rings. The molecule has 6 nitrogen and oxygen atoms in total. The highest BCUT2D eigenvalue weighted by molar-refractivity contribution is 6.30. The molecule has 0 bridgehead atoms. The van der Waals surface area contributed by atoms with Gasteiger partial charge in [-0.1, -0.05) is 25.4 Å². The van der Waals surface area contributed by atoms with Crippen LogP contribution in [-0.4, -0.2) is 34.8 Å². The first-order valence-corrected chi connectivity index (χ1v) is 7.78. The fraction of sp³-hybridized carbons (Fsp3) is 0.438. The van der Waals surface area contributed by atoms with E-state index >= 15 is 0 Å². The Morgan fingerprint density at radius 1 is 1.30 bits per heavy atom. The van der Waals surface area contributed by atoms with E-state index in [0.29, 0.717) is 17.1 Å². The third kappa shape index (κ3) is 4.01. The number of urea groups is 1. The predicted octanol–water partition coefficient (Wildman–Crippen LogP) is 2.64. The van der Waals surface area contributed by atoms with Gasteiger partial charge < -0.3 is 10.6 Å². The molecule has 0 radical (unpaired) electrons. The first-order chi connectivity index (χ1) is 10.7. The molecule has 1 aromatic carbocycles. The van der Waals surface area contributed by atoms with Crippen LogP contribution in [0.2, 0.25) is 5.02 Å². The topological polar surface area (TPSA) is 78.5 Å². The molecule has 2 rings (SSSR count). The minimum atomic E-state index is -0.953. The lowest BCUT2D eigenvalue weighted by Crippen LogP contribution is -2.45. The van der Waals surface area contributed by atoms with E-state index < -0.39 is 17.5 Å². The predicted molar refractivity (Wildman–Crippen MR) is 88.2 cm³/mol. The van der Waals surface area contributed by atoms with Crippen LogP contribution in [0.1, 0.15) is 27.2 Å². The van der Waals surface area contributed by atoms with Crippen molar-refractivity contribution in [3.8, 4) is 0 Å². The van der Waals surface area contributed by atoms with Crippen LogP contribution in [0.3, 0.4) is 0 Å². The van der Waals surface area contributed by atoms with Crippen molar-refractivity contribution >= 4 is 35.1 Å². The summed E-state index contributed by atoms with van der Waals surface area (Å²) >= 11 is 5.78. The second kappa shape index (κ2) is 6.58. The number of halogens is 1. The summed E-state index contributed by atoms with van der Waals surface area (Å²) in [5, 5.41) is 5.87. The van der Waals surface area contributed by atoms with Gasteiger partial charge >= 0.3 is 6.03 Å². The van der Waals surface area contributed by atoms with E-state index in [1.807, 2.05) is 13.8 Å². The maximum Gasteiger partial charge on any atom is 0.325 e. The summed E-state index contributed by atoms with van der Waals surface area (Å²) in [5.74, 6) is -0.570. The lowest BCUT2D eigenvalue weighted by molar-refractivity contribution is -0.133. The number of imide groups is 1. The lowest BCUT2D eigenvalue weighted by atomic mass is 9.91. The Morgan fingerprint density at radius 3 is 2.48 bits per heavy atom. The number of nitrogens with one attached hydrogen (secondary N) is 2. The van der Waals surface area contributed by atoms with Gasteiger partial charge in [0.05, 0.1) is 0 Å². The van der Waals surface area contributed by atoms with E-state index in [1.165, 1.54) is 0 Å². The number of benzene rings is 1. The van der Waals surface area contributed by atoms with Gasteiger partial charge in [0.15, 0.2) is 0 Å². The molecule has 1 heterocycles. The molecule has 4 amide bonds. The zero-order valence-electron chi connectivity index (χ0n) is 13.4. The highest BCUT2D eigenvalue weighted by atomic mass is 35.5. The first-order valence-electron chi connectivity index (χ1n) is 7.41. The molecule has 0 saturated carbocycles. The standard InChI is InChI=1S/C16H20ClN3O3/c1-10(2)8-16(3)14(22)20(15(23)19-16)9-13(21)18-12-6-4-11(17)5-7-12/h4-7,10H,8-9H2,1-3H3,(H,18,21)(H,19,23). The quantitative estimate of drug-likeness (QED) is 0.811. The van der Waals surface area contributed by atoms with Crippen LogP contribution in [0, 0.1) is 5.92 Å². The van der Waals surface area contributed by atoms with Crippen LogP contribution < -0.4 is 10.6 Å². The van der Waals surface area contributed by atoms with Crippen molar-refractivity contribution in [2.75, 3.05) is 11.9 Å². The van der Waals surface area contributed by atoms with E-state index in [4.69, 9.17) is 11.6 Å². The lowest BCUT2D eigenvalue weighted by Gasteiger charge is -2.23. The van der Waals surface area contributed by atoms with Crippen LogP contribution in [-0.2, 0) is 9.59 Å². The molecule has 1 atom stereocenters. The van der Waals surface area contributed by atoms with Crippen LogP contribution in [0.15, 0.2) is 24.3 Å². The van der Waals surface area contributed by atoms with Gasteiger partial charge in [0.25, 0.3) is 5.91 Å². The molecular formula is C16H20ClN3O3. The van der Waals surface area contributed by atoms with Gasteiger partial charge in [-0.2, -0.15) is 0 Å². The normalized spacial score (nSPS) is 20.8. The van der Waals surface area contributed by atoms with Crippen molar-refractivity contribution in [3.63, 3.8) is 0 Å². The van der Waals surface area contributed by atoms with Gasteiger partial charge in [0, 0.05) is 10.7 Å². The molecule has 1 aromatic rings. The van der Waals surface area contributed by atoms with Gasteiger partial charge in [0.2, 0.25) is 5.91 Å². The summed E-state index contributed by atoms with van der Waals surface area (Å²) in [6, 6.07) is 6.04. The van der Waals surface area contributed by atoms with Crippen molar-refractivity contribution < 1.29 is 14.4 Å². The molecule has 1 aliphatic heterocycles. The summed E-state index contributed by atoms with van der Waals surface area (Å²) in [6.45, 7) is 5.31. The van der Waals surface area contributed by atoms with Gasteiger partial charge in [-0.15, -0.1) is 0 Å². The summed E-state index contributed by atoms with van der Waals surface area (Å²) in [4.78, 5) is 37.5. The third-order valence-corrected chi connectivity index (χ3v) is 3.84. The van der Waals surface area contributed by atoms with E-state index in [9.17, 15) is 14.4 Å². The van der Waals surface area contributed by atoms with E-state index in [1.54, 1.807) is 31.2 Å².